The molecule has 0 aliphatic rings. The second-order valence-electron chi connectivity index (χ2n) is 4.58. The Morgan fingerprint density at radius 2 is 2.00 bits per heavy atom. The van der Waals surface area contributed by atoms with Crippen LogP contribution in [0.4, 0.5) is 0 Å². The summed E-state index contributed by atoms with van der Waals surface area (Å²) >= 11 is -1.06. The van der Waals surface area contributed by atoms with Crippen LogP contribution in [0.1, 0.15) is 18.9 Å². The van der Waals surface area contributed by atoms with Crippen LogP contribution in [0.2, 0.25) is 0 Å². The molecule has 22 heavy (non-hydrogen) atoms. The van der Waals surface area contributed by atoms with Gasteiger partial charge in [0.05, 0.1) is 31.2 Å². The van der Waals surface area contributed by atoms with Gasteiger partial charge in [0.1, 0.15) is 5.75 Å². The minimum absolute atomic E-state index is 0.00948. The molecule has 0 aliphatic heterocycles. The zero-order valence-electron chi connectivity index (χ0n) is 12.4. The number of ether oxygens (including phenoxy) is 1. The van der Waals surface area contributed by atoms with E-state index < -0.39 is 31.1 Å². The summed E-state index contributed by atoms with van der Waals surface area (Å²) in [4.78, 5) is 3.94. The van der Waals surface area contributed by atoms with Crippen molar-refractivity contribution in [2.45, 2.75) is 25.3 Å². The Balaban J connectivity index is 2.26. The molecule has 1 heterocycles. The molecule has 7 heteroatoms. The second kappa shape index (κ2) is 7.77. The van der Waals surface area contributed by atoms with Gasteiger partial charge in [0.2, 0.25) is 0 Å². The predicted octanol–water partition coefficient (Wildman–Crippen LogP) is 3.89. The van der Waals surface area contributed by atoms with Gasteiger partial charge in [-0.05, 0) is 37.1 Å². The topological polar surface area (TPSA) is 68.6 Å². The summed E-state index contributed by atoms with van der Waals surface area (Å²) in [7, 11) is -3.71. The Morgan fingerprint density at radius 1 is 1.23 bits per heavy atom. The average molecular weight is 432 g/mol. The van der Waals surface area contributed by atoms with Gasteiger partial charge < -0.3 is 4.74 Å². The van der Waals surface area contributed by atoms with Gasteiger partial charge in [-0.1, -0.05) is 25.1 Å². The Hall–Kier alpha value is -1.35. The van der Waals surface area contributed by atoms with E-state index in [1.165, 1.54) is 12.3 Å². The lowest BCUT2D eigenvalue weighted by Gasteiger charge is -2.06. The molecule has 0 amide bonds. The highest BCUT2D eigenvalue weighted by Crippen LogP contribution is 2.27. The molecule has 0 atom stereocenters. The Bertz CT molecular complexity index is 759. The minimum Gasteiger partial charge on any atom is -0.492 e. The smallest absolute Gasteiger partial charge is 0.304 e. The van der Waals surface area contributed by atoms with Crippen LogP contribution in [-0.2, 0) is 10.0 Å². The third-order valence-corrected chi connectivity index (χ3v) is 7.24. The van der Waals surface area contributed by atoms with Gasteiger partial charge in [-0.15, -0.1) is 2.55 Å². The lowest BCUT2D eigenvalue weighted by Crippen LogP contribution is -1.99. The number of hydrogen-bond acceptors (Lipinski definition) is 4. The van der Waals surface area contributed by atoms with Crippen molar-refractivity contribution >= 4 is 31.1 Å². The minimum atomic E-state index is -3.71. The number of aryl methyl sites for hydroxylation is 1. The normalized spacial score (nSPS) is 12.1. The van der Waals surface area contributed by atoms with Gasteiger partial charge in [0.15, 0.2) is 5.03 Å². The molecular weight excluding hydrogens is 415 g/mol. The number of para-hydroxylation sites is 1. The van der Waals surface area contributed by atoms with E-state index in [1.807, 2.05) is 38.1 Å². The average Bonchev–Trinajstić information content (AvgIpc) is 2.52. The summed E-state index contributed by atoms with van der Waals surface area (Å²) in [5.74, 6) is 0.716. The van der Waals surface area contributed by atoms with Crippen LogP contribution in [0.25, 0.3) is 0 Å². The first-order chi connectivity index (χ1) is 10.5. The van der Waals surface area contributed by atoms with Gasteiger partial charge in [0.25, 0.3) is 0 Å². The number of sulfonamides is 1. The van der Waals surface area contributed by atoms with Crippen molar-refractivity contribution in [3.63, 3.8) is 0 Å². The van der Waals surface area contributed by atoms with Crippen LogP contribution < -0.4 is 4.74 Å². The van der Waals surface area contributed by atoms with Crippen molar-refractivity contribution in [2.24, 2.45) is 2.55 Å². The summed E-state index contributed by atoms with van der Waals surface area (Å²) in [6.45, 7) is 4.48. The van der Waals surface area contributed by atoms with E-state index in [0.717, 1.165) is 15.6 Å². The molecule has 2 rings (SSSR count). The van der Waals surface area contributed by atoms with Crippen LogP contribution >= 0.6 is 21.0 Å². The molecule has 0 aliphatic carbocycles. The van der Waals surface area contributed by atoms with Crippen LogP contribution in [0.3, 0.4) is 0 Å². The summed E-state index contributed by atoms with van der Waals surface area (Å²) in [6, 6.07) is 10.6. The Labute approximate surface area is 141 Å². The zero-order chi connectivity index (χ0) is 16.0. The second-order valence-corrected chi connectivity index (χ2v) is 8.91. The van der Waals surface area contributed by atoms with E-state index >= 15 is 0 Å². The number of pyridine rings is 1. The quantitative estimate of drug-likeness (QED) is 0.650. The number of aromatic nitrogens is 1. The fourth-order valence-corrected chi connectivity index (χ4v) is 5.19. The van der Waals surface area contributed by atoms with Crippen molar-refractivity contribution in [1.82, 2.24) is 4.98 Å². The monoisotopic (exact) mass is 432 g/mol. The van der Waals surface area contributed by atoms with Crippen molar-refractivity contribution in [2.75, 3.05) is 6.61 Å². The number of hydrogen-bond donors (Lipinski definition) is 0. The van der Waals surface area contributed by atoms with Crippen molar-refractivity contribution < 1.29 is 13.2 Å². The van der Waals surface area contributed by atoms with Crippen LogP contribution in [0.5, 0.6) is 5.75 Å². The van der Waals surface area contributed by atoms with Gasteiger partial charge in [-0.25, -0.2) is 4.98 Å². The summed E-state index contributed by atoms with van der Waals surface area (Å²) in [5.41, 5.74) is 0.909. The van der Waals surface area contributed by atoms with Gasteiger partial charge in [0, 0.05) is 6.20 Å². The van der Waals surface area contributed by atoms with Gasteiger partial charge in [-0.2, -0.15) is 8.42 Å². The fraction of sp³-hybridized carbons (Fsp3) is 0.267. The summed E-state index contributed by atoms with van der Waals surface area (Å²) < 4.78 is 34.8. The van der Waals surface area contributed by atoms with E-state index in [-0.39, 0.29) is 5.03 Å². The highest BCUT2D eigenvalue weighted by Gasteiger charge is 2.14. The van der Waals surface area contributed by atoms with Crippen molar-refractivity contribution in [1.29, 1.82) is 0 Å². The van der Waals surface area contributed by atoms with Crippen molar-refractivity contribution in [3.8, 4) is 5.75 Å². The van der Waals surface area contributed by atoms with E-state index in [0.29, 0.717) is 12.4 Å². The highest BCUT2D eigenvalue weighted by atomic mass is 127. The van der Waals surface area contributed by atoms with E-state index in [9.17, 15) is 8.42 Å². The standard InChI is InChI=1S/C15H17IN2O3S/c1-3-10-21-14-7-5-4-6-13(14)16-18-22(19,20)15-9-8-12(2)11-17-15/h4-9,11H,3,10H2,1-2H3. The maximum absolute atomic E-state index is 12.2. The molecule has 2 aromatic rings. The maximum atomic E-state index is 12.2. The molecule has 1 aromatic heterocycles. The molecule has 1 aromatic carbocycles. The number of benzene rings is 1. The molecule has 0 radical (unpaired) electrons. The maximum Gasteiger partial charge on any atom is 0.304 e. The van der Waals surface area contributed by atoms with E-state index in [4.69, 9.17) is 4.74 Å². The molecule has 0 unspecified atom stereocenters. The Kier molecular flexibility index (Phi) is 6.01. The van der Waals surface area contributed by atoms with Crippen LogP contribution in [0, 0.1) is 10.5 Å². The van der Waals surface area contributed by atoms with E-state index in [2.05, 4.69) is 7.53 Å². The third kappa shape index (κ3) is 4.57. The summed E-state index contributed by atoms with van der Waals surface area (Å²) in [5, 5.41) is -0.00948. The van der Waals surface area contributed by atoms with Gasteiger partial charge >= 0.3 is 10.0 Å². The molecule has 0 spiro atoms. The molecule has 0 bridgehead atoms. The van der Waals surface area contributed by atoms with Crippen LogP contribution in [0.15, 0.2) is 50.2 Å². The first-order valence-corrected chi connectivity index (χ1v) is 10.3. The first kappa shape index (κ1) is 17.0. The van der Waals surface area contributed by atoms with Gasteiger partial charge in [-0.3, -0.25) is 0 Å². The lowest BCUT2D eigenvalue weighted by atomic mass is 10.3. The SMILES string of the molecule is CCCOc1ccccc1I=NS(=O)(=O)c1ccc(C)cn1. The predicted molar refractivity (Wildman–Crippen MR) is 93.5 cm³/mol. The first-order valence-electron chi connectivity index (χ1n) is 6.79. The summed E-state index contributed by atoms with van der Waals surface area (Å²) in [6.07, 6.45) is 2.43. The van der Waals surface area contributed by atoms with Crippen LogP contribution in [-0.4, -0.2) is 20.0 Å². The third-order valence-electron chi connectivity index (χ3n) is 2.66. The largest absolute Gasteiger partial charge is 0.492 e. The number of rotatable bonds is 6. The van der Waals surface area contributed by atoms with Crippen molar-refractivity contribution in [3.05, 3.63) is 51.7 Å². The molecule has 0 saturated heterocycles. The molecule has 0 saturated carbocycles. The van der Waals surface area contributed by atoms with E-state index in [1.54, 1.807) is 6.07 Å². The zero-order valence-corrected chi connectivity index (χ0v) is 15.3. The number of nitrogens with zero attached hydrogens (tertiary/aromatic N) is 2. The molecule has 0 N–H and O–H groups in total. The molecule has 0 fully saturated rings. The lowest BCUT2D eigenvalue weighted by molar-refractivity contribution is 0.315. The number of halogens is 1. The fourth-order valence-electron chi connectivity index (χ4n) is 1.57. The highest BCUT2D eigenvalue weighted by molar-refractivity contribution is 14.2. The molecule has 118 valence electrons. The Morgan fingerprint density at radius 3 is 2.68 bits per heavy atom. The molecule has 5 nitrogen and oxygen atoms in total. The molecular formula is C15H17IN2O3S.